The van der Waals surface area contributed by atoms with Crippen molar-refractivity contribution in [3.63, 3.8) is 0 Å². The number of likely N-dealkylation sites (N-methyl/N-ethyl adjacent to an activating group) is 1. The normalized spacial score (nSPS) is 20.8. The van der Waals surface area contributed by atoms with Gasteiger partial charge in [0, 0.05) is 24.8 Å². The Labute approximate surface area is 155 Å². The molecule has 4 heteroatoms. The maximum absolute atomic E-state index is 12.6. The minimum Gasteiger partial charge on any atom is -0.378 e. The van der Waals surface area contributed by atoms with E-state index in [9.17, 15) is 4.79 Å². The van der Waals surface area contributed by atoms with Gasteiger partial charge in [-0.25, -0.2) is 0 Å². The van der Waals surface area contributed by atoms with Crippen LogP contribution in [0.25, 0.3) is 0 Å². The highest BCUT2D eigenvalue weighted by Gasteiger charge is 2.41. The smallest absolute Gasteiger partial charge is 0.249 e. The summed E-state index contributed by atoms with van der Waals surface area (Å²) in [6.45, 7) is 6.31. The van der Waals surface area contributed by atoms with Crippen LogP contribution in [0.2, 0.25) is 0 Å². The first-order chi connectivity index (χ1) is 12.5. The van der Waals surface area contributed by atoms with Crippen LogP contribution in [0.4, 0.5) is 17.1 Å². The number of hydrogen-bond donors (Lipinski definition) is 1. The van der Waals surface area contributed by atoms with Crippen molar-refractivity contribution in [1.29, 1.82) is 0 Å². The van der Waals surface area contributed by atoms with Gasteiger partial charge in [0.15, 0.2) is 0 Å². The van der Waals surface area contributed by atoms with E-state index in [0.717, 1.165) is 11.4 Å². The van der Waals surface area contributed by atoms with Crippen LogP contribution in [0.3, 0.4) is 0 Å². The zero-order valence-corrected chi connectivity index (χ0v) is 16.0. The monoisotopic (exact) mass is 349 g/mol. The number of hydrogen-bond acceptors (Lipinski definition) is 3. The first-order valence-electron chi connectivity index (χ1n) is 9.49. The second-order valence-electron chi connectivity index (χ2n) is 7.69. The van der Waals surface area contributed by atoms with Crippen LogP contribution in [-0.4, -0.2) is 25.0 Å². The lowest BCUT2D eigenvalue weighted by atomic mass is 10.0. The summed E-state index contributed by atoms with van der Waals surface area (Å²) in [6.07, 6.45) is 2.36. The molecule has 2 aliphatic rings. The highest BCUT2D eigenvalue weighted by molar-refractivity contribution is 6.05. The lowest BCUT2D eigenvalue weighted by Gasteiger charge is -2.41. The standard InChI is InChI=1S/C22H27N3O/c1-14-5-7-17(8-6-14)15(2)23-18-9-12-20-21(13-18)25(19-10-11-19)16(3)22(26)24(20)4/h5-9,12-13,15-16,19,23H,10-11H2,1-4H3. The Hall–Kier alpha value is -2.49. The van der Waals surface area contributed by atoms with Crippen LogP contribution in [-0.2, 0) is 4.79 Å². The Balaban J connectivity index is 1.63. The van der Waals surface area contributed by atoms with E-state index >= 15 is 0 Å². The fourth-order valence-corrected chi connectivity index (χ4v) is 3.88. The van der Waals surface area contributed by atoms with Crippen molar-refractivity contribution in [2.45, 2.75) is 51.7 Å². The quantitative estimate of drug-likeness (QED) is 0.883. The molecule has 1 amide bonds. The number of carbonyl (C=O) groups is 1. The lowest BCUT2D eigenvalue weighted by molar-refractivity contribution is -0.119. The molecule has 0 spiro atoms. The molecule has 2 atom stereocenters. The van der Waals surface area contributed by atoms with Crippen LogP contribution >= 0.6 is 0 Å². The van der Waals surface area contributed by atoms with Crippen molar-refractivity contribution in [2.24, 2.45) is 0 Å². The van der Waals surface area contributed by atoms with Crippen LogP contribution in [0.1, 0.15) is 43.9 Å². The predicted octanol–water partition coefficient (Wildman–Crippen LogP) is 4.50. The molecule has 0 aromatic heterocycles. The molecule has 26 heavy (non-hydrogen) atoms. The molecule has 1 fully saturated rings. The Morgan fingerprint density at radius 3 is 2.42 bits per heavy atom. The fourth-order valence-electron chi connectivity index (χ4n) is 3.88. The van der Waals surface area contributed by atoms with Gasteiger partial charge in [-0.15, -0.1) is 0 Å². The largest absolute Gasteiger partial charge is 0.378 e. The molecule has 1 N–H and O–H groups in total. The number of amides is 1. The Bertz CT molecular complexity index is 826. The zero-order chi connectivity index (χ0) is 18.4. The molecule has 1 aliphatic carbocycles. The molecule has 2 aromatic rings. The van der Waals surface area contributed by atoms with Gasteiger partial charge in [-0.3, -0.25) is 4.79 Å². The maximum Gasteiger partial charge on any atom is 0.249 e. The van der Waals surface area contributed by atoms with E-state index in [1.165, 1.54) is 29.7 Å². The van der Waals surface area contributed by atoms with Crippen molar-refractivity contribution in [2.75, 3.05) is 22.2 Å². The van der Waals surface area contributed by atoms with E-state index in [2.05, 4.69) is 66.5 Å². The lowest BCUT2D eigenvalue weighted by Crippen LogP contribution is -2.51. The Morgan fingerprint density at radius 1 is 1.08 bits per heavy atom. The van der Waals surface area contributed by atoms with Crippen LogP contribution in [0.15, 0.2) is 42.5 Å². The number of aryl methyl sites for hydroxylation is 1. The molecular formula is C22H27N3O. The molecule has 2 aromatic carbocycles. The van der Waals surface area contributed by atoms with Crippen molar-refractivity contribution in [1.82, 2.24) is 0 Å². The number of carbonyl (C=O) groups excluding carboxylic acids is 1. The third-order valence-electron chi connectivity index (χ3n) is 5.62. The van der Waals surface area contributed by atoms with E-state index < -0.39 is 0 Å². The Morgan fingerprint density at radius 2 is 1.77 bits per heavy atom. The van der Waals surface area contributed by atoms with Gasteiger partial charge in [0.05, 0.1) is 11.4 Å². The first kappa shape index (κ1) is 17.0. The van der Waals surface area contributed by atoms with E-state index in [4.69, 9.17) is 0 Å². The van der Waals surface area contributed by atoms with Gasteiger partial charge >= 0.3 is 0 Å². The van der Waals surface area contributed by atoms with Gasteiger partial charge in [0.1, 0.15) is 6.04 Å². The van der Waals surface area contributed by atoms with Crippen molar-refractivity contribution < 1.29 is 4.79 Å². The summed E-state index contributed by atoms with van der Waals surface area (Å²) < 4.78 is 0. The number of nitrogens with zero attached hydrogens (tertiary/aromatic N) is 2. The average Bonchev–Trinajstić information content (AvgIpc) is 3.45. The number of fused-ring (bicyclic) bond motifs is 1. The fraction of sp³-hybridized carbons (Fsp3) is 0.409. The van der Waals surface area contributed by atoms with Crippen molar-refractivity contribution >= 4 is 23.0 Å². The highest BCUT2D eigenvalue weighted by Crippen LogP contribution is 2.43. The van der Waals surface area contributed by atoms with E-state index in [1.54, 1.807) is 4.90 Å². The summed E-state index contributed by atoms with van der Waals surface area (Å²) in [5.41, 5.74) is 5.82. The molecule has 0 radical (unpaired) electrons. The maximum atomic E-state index is 12.6. The summed E-state index contributed by atoms with van der Waals surface area (Å²) in [4.78, 5) is 16.7. The molecule has 2 unspecified atom stereocenters. The van der Waals surface area contributed by atoms with E-state index in [1.807, 2.05) is 14.0 Å². The van der Waals surface area contributed by atoms with Gasteiger partial charge < -0.3 is 15.1 Å². The summed E-state index contributed by atoms with van der Waals surface area (Å²) in [5.74, 6) is 0.179. The molecular weight excluding hydrogens is 322 g/mol. The summed E-state index contributed by atoms with van der Waals surface area (Å²) in [7, 11) is 1.88. The second kappa shape index (κ2) is 6.35. The van der Waals surface area contributed by atoms with Gasteiger partial charge in [-0.2, -0.15) is 0 Å². The van der Waals surface area contributed by atoms with Crippen molar-refractivity contribution in [3.05, 3.63) is 53.6 Å². The minimum atomic E-state index is -0.0928. The zero-order valence-electron chi connectivity index (χ0n) is 16.0. The summed E-state index contributed by atoms with van der Waals surface area (Å²) >= 11 is 0. The Kier molecular flexibility index (Phi) is 4.14. The average molecular weight is 349 g/mol. The molecule has 4 rings (SSSR count). The topological polar surface area (TPSA) is 35.6 Å². The number of benzene rings is 2. The number of anilines is 3. The van der Waals surface area contributed by atoms with Gasteiger partial charge in [-0.05, 0) is 57.4 Å². The van der Waals surface area contributed by atoms with Crippen LogP contribution in [0, 0.1) is 6.92 Å². The number of rotatable bonds is 4. The summed E-state index contributed by atoms with van der Waals surface area (Å²) in [6, 6.07) is 15.6. The molecule has 136 valence electrons. The predicted molar refractivity (Wildman–Crippen MR) is 108 cm³/mol. The minimum absolute atomic E-state index is 0.0928. The SMILES string of the molecule is Cc1ccc(C(C)Nc2ccc3c(c2)N(C2CC2)C(C)C(=O)N3C)cc1. The second-order valence-corrected chi connectivity index (χ2v) is 7.69. The molecule has 0 bridgehead atoms. The van der Waals surface area contributed by atoms with Crippen molar-refractivity contribution in [3.8, 4) is 0 Å². The first-order valence-corrected chi connectivity index (χ1v) is 9.49. The summed E-state index contributed by atoms with van der Waals surface area (Å²) in [5, 5.41) is 3.62. The van der Waals surface area contributed by atoms with E-state index in [0.29, 0.717) is 6.04 Å². The van der Waals surface area contributed by atoms with Crippen LogP contribution < -0.4 is 15.1 Å². The van der Waals surface area contributed by atoms with Gasteiger partial charge in [0.2, 0.25) is 5.91 Å². The number of nitrogens with one attached hydrogen (secondary N) is 1. The molecule has 0 saturated heterocycles. The third-order valence-corrected chi connectivity index (χ3v) is 5.62. The molecule has 1 heterocycles. The molecule has 1 aliphatic heterocycles. The third kappa shape index (κ3) is 2.94. The highest BCUT2D eigenvalue weighted by atomic mass is 16.2. The molecule has 4 nitrogen and oxygen atoms in total. The van der Waals surface area contributed by atoms with Crippen LogP contribution in [0.5, 0.6) is 0 Å². The van der Waals surface area contributed by atoms with Gasteiger partial charge in [-0.1, -0.05) is 29.8 Å². The van der Waals surface area contributed by atoms with Gasteiger partial charge in [0.25, 0.3) is 0 Å². The van der Waals surface area contributed by atoms with E-state index in [-0.39, 0.29) is 18.0 Å². The molecule has 1 saturated carbocycles.